The van der Waals surface area contributed by atoms with Crippen LogP contribution in [0.25, 0.3) is 0 Å². The van der Waals surface area contributed by atoms with E-state index in [0.29, 0.717) is 31.7 Å². The van der Waals surface area contributed by atoms with Gasteiger partial charge in [-0.25, -0.2) is 0 Å². The minimum atomic E-state index is -0.465. The van der Waals surface area contributed by atoms with Crippen molar-refractivity contribution < 1.29 is 9.53 Å². The summed E-state index contributed by atoms with van der Waals surface area (Å²) in [5.41, 5.74) is 0.573. The third-order valence-electron chi connectivity index (χ3n) is 6.06. The van der Waals surface area contributed by atoms with Crippen LogP contribution in [0, 0.1) is 5.92 Å². The summed E-state index contributed by atoms with van der Waals surface area (Å²) < 4.78 is 7.82. The first kappa shape index (κ1) is 16.1. The largest absolute Gasteiger partial charge is 0.367 e. The maximum Gasteiger partial charge on any atom is 0.239 e. The number of nitrogens with one attached hydrogen (secondary N) is 1. The molecule has 0 bridgehead atoms. The highest BCUT2D eigenvalue weighted by atomic mass is 16.5. The van der Waals surface area contributed by atoms with Crippen molar-refractivity contribution in [1.29, 1.82) is 0 Å². The molecule has 0 spiro atoms. The summed E-state index contributed by atoms with van der Waals surface area (Å²) in [5.74, 6) is 0.946. The molecule has 1 aromatic heterocycles. The molecular formula is C18H28N4O2. The van der Waals surface area contributed by atoms with Crippen molar-refractivity contribution in [2.75, 3.05) is 19.7 Å². The van der Waals surface area contributed by atoms with Crippen LogP contribution in [0.1, 0.15) is 44.6 Å². The third kappa shape index (κ3) is 2.86. The van der Waals surface area contributed by atoms with E-state index < -0.39 is 5.60 Å². The number of aryl methyl sites for hydroxylation is 1. The summed E-state index contributed by atoms with van der Waals surface area (Å²) in [4.78, 5) is 15.0. The van der Waals surface area contributed by atoms with Gasteiger partial charge in [0.25, 0.3) is 0 Å². The molecule has 0 unspecified atom stereocenters. The molecule has 6 heteroatoms. The van der Waals surface area contributed by atoms with Gasteiger partial charge >= 0.3 is 0 Å². The Hall–Kier alpha value is -1.40. The number of aromatic nitrogens is 2. The number of amides is 1. The van der Waals surface area contributed by atoms with Crippen molar-refractivity contribution >= 4 is 5.91 Å². The summed E-state index contributed by atoms with van der Waals surface area (Å²) in [6.07, 6.45) is 9.95. The molecule has 1 aromatic rings. The number of hydrogen-bond acceptors (Lipinski definition) is 4. The van der Waals surface area contributed by atoms with Gasteiger partial charge < -0.3 is 15.0 Å². The topological polar surface area (TPSA) is 59.4 Å². The van der Waals surface area contributed by atoms with Crippen LogP contribution in [-0.2, 0) is 22.2 Å². The zero-order valence-corrected chi connectivity index (χ0v) is 14.7. The SMILES string of the molecule is Cn1cc([C@]2(C)CN(C(=O)[C@@H]3C[C@H]4CCCC[C@@H]4N3)CCO2)cn1. The standard InChI is InChI=1S/C18H28N4O2/c1-18(14-10-19-21(2)11-14)12-22(7-8-24-18)17(23)16-9-13-5-3-4-6-15(13)20-16/h10-11,13,15-16,20H,3-9,12H2,1-2H3/t13-,15+,16+,18+/m1/s1. The van der Waals surface area contributed by atoms with Crippen LogP contribution in [0.2, 0.25) is 0 Å². The fourth-order valence-corrected chi connectivity index (χ4v) is 4.66. The van der Waals surface area contributed by atoms with Crippen molar-refractivity contribution in [2.24, 2.45) is 13.0 Å². The maximum absolute atomic E-state index is 13.1. The summed E-state index contributed by atoms with van der Waals surface area (Å²) in [7, 11) is 1.91. The molecule has 0 radical (unpaired) electrons. The molecule has 1 aliphatic carbocycles. The van der Waals surface area contributed by atoms with Crippen molar-refractivity contribution in [3.63, 3.8) is 0 Å². The van der Waals surface area contributed by atoms with E-state index in [0.717, 1.165) is 12.0 Å². The van der Waals surface area contributed by atoms with Crippen molar-refractivity contribution in [1.82, 2.24) is 20.0 Å². The normalized spacial score (nSPS) is 36.6. The molecular weight excluding hydrogens is 304 g/mol. The average Bonchev–Trinajstić information content (AvgIpc) is 3.20. The maximum atomic E-state index is 13.1. The smallest absolute Gasteiger partial charge is 0.239 e. The Labute approximate surface area is 143 Å². The van der Waals surface area contributed by atoms with E-state index in [1.165, 1.54) is 25.7 Å². The van der Waals surface area contributed by atoms with Crippen LogP contribution in [0.4, 0.5) is 0 Å². The Kier molecular flexibility index (Phi) is 4.12. The van der Waals surface area contributed by atoms with Crippen LogP contribution >= 0.6 is 0 Å². The Morgan fingerprint density at radius 2 is 2.25 bits per heavy atom. The molecule has 6 nitrogen and oxygen atoms in total. The van der Waals surface area contributed by atoms with Gasteiger partial charge in [-0.1, -0.05) is 12.8 Å². The highest BCUT2D eigenvalue weighted by Gasteiger charge is 2.43. The number of morpholine rings is 1. The van der Waals surface area contributed by atoms with E-state index >= 15 is 0 Å². The number of nitrogens with zero attached hydrogens (tertiary/aromatic N) is 3. The number of fused-ring (bicyclic) bond motifs is 1. The van der Waals surface area contributed by atoms with Crippen LogP contribution in [-0.4, -0.2) is 52.4 Å². The predicted molar refractivity (Wildman–Crippen MR) is 90.4 cm³/mol. The first-order valence-corrected chi connectivity index (χ1v) is 9.23. The lowest BCUT2D eigenvalue weighted by Crippen LogP contribution is -2.54. The number of carbonyl (C=O) groups excluding carboxylic acids is 1. The molecule has 4 rings (SSSR count). The van der Waals surface area contributed by atoms with E-state index in [4.69, 9.17) is 4.74 Å². The van der Waals surface area contributed by atoms with Crippen molar-refractivity contribution in [2.45, 2.75) is 56.7 Å². The van der Waals surface area contributed by atoms with E-state index in [1.807, 2.05) is 24.3 Å². The van der Waals surface area contributed by atoms with Crippen molar-refractivity contribution in [3.8, 4) is 0 Å². The quantitative estimate of drug-likeness (QED) is 0.890. The van der Waals surface area contributed by atoms with Gasteiger partial charge in [-0.05, 0) is 32.1 Å². The van der Waals surface area contributed by atoms with Crippen LogP contribution in [0.5, 0.6) is 0 Å². The molecule has 1 saturated carbocycles. The van der Waals surface area contributed by atoms with E-state index in [9.17, 15) is 4.79 Å². The lowest BCUT2D eigenvalue weighted by Gasteiger charge is -2.41. The summed E-state index contributed by atoms with van der Waals surface area (Å²) in [6, 6.07) is 0.549. The highest BCUT2D eigenvalue weighted by molar-refractivity contribution is 5.82. The fourth-order valence-electron chi connectivity index (χ4n) is 4.66. The number of hydrogen-bond donors (Lipinski definition) is 1. The molecule has 1 N–H and O–H groups in total. The number of carbonyl (C=O) groups is 1. The first-order valence-electron chi connectivity index (χ1n) is 9.23. The van der Waals surface area contributed by atoms with E-state index in [-0.39, 0.29) is 11.9 Å². The lowest BCUT2D eigenvalue weighted by atomic mass is 9.85. The number of rotatable bonds is 2. The van der Waals surface area contributed by atoms with Crippen LogP contribution in [0.15, 0.2) is 12.4 Å². The second-order valence-electron chi connectivity index (χ2n) is 7.85. The molecule has 4 atom stereocenters. The van der Waals surface area contributed by atoms with Gasteiger partial charge in [0, 0.05) is 31.4 Å². The molecule has 1 amide bonds. The Balaban J connectivity index is 1.45. The van der Waals surface area contributed by atoms with Gasteiger partial charge in [-0.2, -0.15) is 5.10 Å². The molecule has 3 aliphatic rings. The second kappa shape index (κ2) is 6.15. The van der Waals surface area contributed by atoms with Gasteiger partial charge in [0.15, 0.2) is 0 Å². The predicted octanol–water partition coefficient (Wildman–Crippen LogP) is 1.41. The van der Waals surface area contributed by atoms with E-state index in [1.54, 1.807) is 4.68 Å². The third-order valence-corrected chi connectivity index (χ3v) is 6.06. The minimum absolute atomic E-state index is 0.00523. The van der Waals surface area contributed by atoms with Gasteiger partial charge in [-0.3, -0.25) is 9.48 Å². The second-order valence-corrected chi connectivity index (χ2v) is 7.85. The molecule has 0 aromatic carbocycles. The highest BCUT2D eigenvalue weighted by Crippen LogP contribution is 2.35. The Bertz CT molecular complexity index is 602. The first-order chi connectivity index (χ1) is 11.5. The summed E-state index contributed by atoms with van der Waals surface area (Å²) in [6.45, 7) is 3.93. The summed E-state index contributed by atoms with van der Waals surface area (Å²) >= 11 is 0. The zero-order chi connectivity index (χ0) is 16.7. The van der Waals surface area contributed by atoms with Crippen LogP contribution in [0.3, 0.4) is 0 Å². The monoisotopic (exact) mass is 332 g/mol. The molecule has 132 valence electrons. The molecule has 2 saturated heterocycles. The lowest BCUT2D eigenvalue weighted by molar-refractivity contribution is -0.151. The molecule has 24 heavy (non-hydrogen) atoms. The van der Waals surface area contributed by atoms with Gasteiger partial charge in [0.1, 0.15) is 5.60 Å². The van der Waals surface area contributed by atoms with Gasteiger partial charge in [-0.15, -0.1) is 0 Å². The van der Waals surface area contributed by atoms with E-state index in [2.05, 4.69) is 17.3 Å². The Morgan fingerprint density at radius 3 is 3.00 bits per heavy atom. The van der Waals surface area contributed by atoms with Crippen LogP contribution < -0.4 is 5.32 Å². The summed E-state index contributed by atoms with van der Waals surface area (Å²) in [5, 5.41) is 7.87. The number of ether oxygens (including phenoxy) is 1. The Morgan fingerprint density at radius 1 is 1.42 bits per heavy atom. The minimum Gasteiger partial charge on any atom is -0.367 e. The fraction of sp³-hybridized carbons (Fsp3) is 0.778. The van der Waals surface area contributed by atoms with Gasteiger partial charge in [0.2, 0.25) is 5.91 Å². The average molecular weight is 332 g/mol. The molecule has 3 heterocycles. The van der Waals surface area contributed by atoms with Gasteiger partial charge in [0.05, 0.1) is 25.4 Å². The molecule has 3 fully saturated rings. The zero-order valence-electron chi connectivity index (χ0n) is 14.7. The molecule has 2 aliphatic heterocycles. The van der Waals surface area contributed by atoms with Crippen molar-refractivity contribution in [3.05, 3.63) is 18.0 Å².